The van der Waals surface area contributed by atoms with Crippen molar-refractivity contribution >= 4 is 28.9 Å². The van der Waals surface area contributed by atoms with E-state index in [-0.39, 0.29) is 17.9 Å². The molecule has 0 radical (unpaired) electrons. The second kappa shape index (κ2) is 5.18. The lowest BCUT2D eigenvalue weighted by Crippen LogP contribution is -2.19. The molecule has 1 heterocycles. The SMILES string of the molecule is O=C1CC(c2cccc(F)c2O)=NN1c1ccc(Cl)cc1. The maximum absolute atomic E-state index is 13.4. The number of phenols is 1. The minimum atomic E-state index is -0.743. The molecule has 3 rings (SSSR count). The number of phenolic OH excluding ortho intramolecular Hbond substituents is 1. The van der Waals surface area contributed by atoms with Crippen LogP contribution < -0.4 is 5.01 Å². The number of nitrogens with zero attached hydrogens (tertiary/aromatic N) is 2. The van der Waals surface area contributed by atoms with Gasteiger partial charge in [0, 0.05) is 10.6 Å². The number of hydrogen-bond acceptors (Lipinski definition) is 3. The van der Waals surface area contributed by atoms with Gasteiger partial charge in [0.2, 0.25) is 0 Å². The van der Waals surface area contributed by atoms with Gasteiger partial charge in [0.1, 0.15) is 0 Å². The second-order valence-corrected chi connectivity index (χ2v) is 4.98. The monoisotopic (exact) mass is 304 g/mol. The molecule has 0 saturated heterocycles. The van der Waals surface area contributed by atoms with Crippen molar-refractivity contribution in [3.8, 4) is 5.75 Å². The predicted molar refractivity (Wildman–Crippen MR) is 78.2 cm³/mol. The Balaban J connectivity index is 1.99. The van der Waals surface area contributed by atoms with Crippen LogP contribution >= 0.6 is 11.6 Å². The van der Waals surface area contributed by atoms with Gasteiger partial charge in [0.05, 0.1) is 17.8 Å². The number of anilines is 1. The first kappa shape index (κ1) is 13.6. The van der Waals surface area contributed by atoms with Crippen molar-refractivity contribution in [1.82, 2.24) is 0 Å². The highest BCUT2D eigenvalue weighted by Crippen LogP contribution is 2.28. The van der Waals surface area contributed by atoms with Gasteiger partial charge in [-0.2, -0.15) is 5.10 Å². The maximum Gasteiger partial charge on any atom is 0.253 e. The molecular weight excluding hydrogens is 295 g/mol. The van der Waals surface area contributed by atoms with E-state index >= 15 is 0 Å². The van der Waals surface area contributed by atoms with E-state index in [0.29, 0.717) is 16.4 Å². The van der Waals surface area contributed by atoms with Crippen molar-refractivity contribution in [2.45, 2.75) is 6.42 Å². The number of halogens is 2. The van der Waals surface area contributed by atoms with Gasteiger partial charge >= 0.3 is 0 Å². The molecule has 1 N–H and O–H groups in total. The van der Waals surface area contributed by atoms with Gasteiger partial charge in [-0.05, 0) is 36.4 Å². The van der Waals surface area contributed by atoms with E-state index in [1.165, 1.54) is 17.1 Å². The van der Waals surface area contributed by atoms with Crippen LogP contribution in [0.2, 0.25) is 5.02 Å². The molecule has 106 valence electrons. The van der Waals surface area contributed by atoms with E-state index in [2.05, 4.69) is 5.10 Å². The Morgan fingerprint density at radius 2 is 1.90 bits per heavy atom. The van der Waals surface area contributed by atoms with E-state index < -0.39 is 11.6 Å². The lowest BCUT2D eigenvalue weighted by atomic mass is 10.1. The van der Waals surface area contributed by atoms with Crippen LogP contribution in [0.5, 0.6) is 5.75 Å². The van der Waals surface area contributed by atoms with Gasteiger partial charge in [-0.15, -0.1) is 0 Å². The molecule has 0 aliphatic carbocycles. The molecule has 0 bridgehead atoms. The van der Waals surface area contributed by atoms with Crippen molar-refractivity contribution in [3.05, 3.63) is 58.9 Å². The fourth-order valence-corrected chi connectivity index (χ4v) is 2.24. The average molecular weight is 305 g/mol. The molecule has 6 heteroatoms. The van der Waals surface area contributed by atoms with E-state index in [9.17, 15) is 14.3 Å². The van der Waals surface area contributed by atoms with Crippen LogP contribution in [-0.4, -0.2) is 16.7 Å². The summed E-state index contributed by atoms with van der Waals surface area (Å²) in [4.78, 5) is 12.0. The number of aromatic hydroxyl groups is 1. The average Bonchev–Trinajstić information content (AvgIpc) is 2.84. The molecule has 2 aromatic carbocycles. The number of carbonyl (C=O) groups excluding carboxylic acids is 1. The smallest absolute Gasteiger partial charge is 0.253 e. The molecule has 0 fully saturated rings. The third kappa shape index (κ3) is 2.48. The summed E-state index contributed by atoms with van der Waals surface area (Å²) in [6.45, 7) is 0. The second-order valence-electron chi connectivity index (χ2n) is 4.54. The molecule has 21 heavy (non-hydrogen) atoms. The lowest BCUT2D eigenvalue weighted by Gasteiger charge is -2.11. The van der Waals surface area contributed by atoms with Crippen molar-refractivity contribution in [3.63, 3.8) is 0 Å². The van der Waals surface area contributed by atoms with E-state index in [0.717, 1.165) is 6.07 Å². The van der Waals surface area contributed by atoms with Crippen LogP contribution in [0.4, 0.5) is 10.1 Å². The standard InChI is InChI=1S/C15H10ClFN2O2/c16-9-4-6-10(7-5-9)19-14(20)8-13(18-19)11-2-1-3-12(17)15(11)21/h1-7,21H,8H2. The summed E-state index contributed by atoms with van der Waals surface area (Å²) in [5.74, 6) is -1.49. The molecular formula is C15H10ClFN2O2. The van der Waals surface area contributed by atoms with Gasteiger partial charge in [-0.3, -0.25) is 4.79 Å². The highest BCUT2D eigenvalue weighted by molar-refractivity contribution is 6.30. The fourth-order valence-electron chi connectivity index (χ4n) is 2.11. The zero-order valence-corrected chi connectivity index (χ0v) is 11.5. The van der Waals surface area contributed by atoms with Gasteiger partial charge < -0.3 is 5.11 Å². The van der Waals surface area contributed by atoms with Crippen molar-refractivity contribution in [2.75, 3.05) is 5.01 Å². The molecule has 1 aliphatic heterocycles. The molecule has 0 atom stereocenters. The highest BCUT2D eigenvalue weighted by atomic mass is 35.5. The van der Waals surface area contributed by atoms with E-state index in [1.807, 2.05) is 0 Å². The summed E-state index contributed by atoms with van der Waals surface area (Å²) in [5, 5.41) is 15.7. The summed E-state index contributed by atoms with van der Waals surface area (Å²) in [5.41, 5.74) is 1.11. The van der Waals surface area contributed by atoms with Crippen LogP contribution in [0.1, 0.15) is 12.0 Å². The van der Waals surface area contributed by atoms with Gasteiger partial charge in [0.25, 0.3) is 5.91 Å². The summed E-state index contributed by atoms with van der Waals surface area (Å²) < 4.78 is 13.4. The molecule has 2 aromatic rings. The minimum absolute atomic E-state index is 0.000357. The Kier molecular flexibility index (Phi) is 3.35. The summed E-state index contributed by atoms with van der Waals surface area (Å²) >= 11 is 5.80. The van der Waals surface area contributed by atoms with Crippen molar-refractivity contribution in [2.24, 2.45) is 5.10 Å². The number of amides is 1. The molecule has 0 unspecified atom stereocenters. The summed E-state index contributed by atoms with van der Waals surface area (Å²) in [7, 11) is 0. The summed E-state index contributed by atoms with van der Waals surface area (Å²) in [6, 6.07) is 10.8. The van der Waals surface area contributed by atoms with Gasteiger partial charge in [-0.25, -0.2) is 9.40 Å². The largest absolute Gasteiger partial charge is 0.504 e. The first-order chi connectivity index (χ1) is 10.1. The zero-order chi connectivity index (χ0) is 15.0. The topological polar surface area (TPSA) is 52.9 Å². The molecule has 0 spiro atoms. The summed E-state index contributed by atoms with van der Waals surface area (Å²) in [6.07, 6.45) is -0.000357. The molecule has 1 amide bonds. The van der Waals surface area contributed by atoms with E-state index in [4.69, 9.17) is 11.6 Å². The Labute approximate surface area is 125 Å². The molecule has 0 aromatic heterocycles. The predicted octanol–water partition coefficient (Wildman–Crippen LogP) is 3.33. The Morgan fingerprint density at radius 1 is 1.19 bits per heavy atom. The first-order valence-electron chi connectivity index (χ1n) is 6.20. The Bertz CT molecular complexity index is 744. The van der Waals surface area contributed by atoms with Crippen LogP contribution in [0.3, 0.4) is 0 Å². The lowest BCUT2D eigenvalue weighted by molar-refractivity contribution is -0.116. The normalized spacial score (nSPS) is 14.5. The number of hydrogen-bond donors (Lipinski definition) is 1. The fraction of sp³-hybridized carbons (Fsp3) is 0.0667. The number of hydrazone groups is 1. The van der Waals surface area contributed by atoms with Gasteiger partial charge in [0.15, 0.2) is 11.6 Å². The van der Waals surface area contributed by atoms with Gasteiger partial charge in [-0.1, -0.05) is 17.7 Å². The third-order valence-electron chi connectivity index (χ3n) is 3.14. The van der Waals surface area contributed by atoms with Crippen LogP contribution in [0, 0.1) is 5.82 Å². The maximum atomic E-state index is 13.4. The highest BCUT2D eigenvalue weighted by Gasteiger charge is 2.28. The van der Waals surface area contributed by atoms with Crippen LogP contribution in [0.25, 0.3) is 0 Å². The van der Waals surface area contributed by atoms with Crippen molar-refractivity contribution < 1.29 is 14.3 Å². The first-order valence-corrected chi connectivity index (χ1v) is 6.58. The number of para-hydroxylation sites is 1. The molecule has 4 nitrogen and oxygen atoms in total. The van der Waals surface area contributed by atoms with Crippen molar-refractivity contribution in [1.29, 1.82) is 0 Å². The minimum Gasteiger partial charge on any atom is -0.504 e. The molecule has 0 saturated carbocycles. The number of rotatable bonds is 2. The Hall–Kier alpha value is -2.40. The van der Waals surface area contributed by atoms with E-state index in [1.54, 1.807) is 24.3 Å². The number of carbonyl (C=O) groups is 1. The van der Waals surface area contributed by atoms with Crippen LogP contribution in [-0.2, 0) is 4.79 Å². The number of benzene rings is 2. The third-order valence-corrected chi connectivity index (χ3v) is 3.40. The molecule has 1 aliphatic rings. The zero-order valence-electron chi connectivity index (χ0n) is 10.8. The Morgan fingerprint density at radius 3 is 2.62 bits per heavy atom. The quantitative estimate of drug-likeness (QED) is 0.925. The van der Waals surface area contributed by atoms with Crippen LogP contribution in [0.15, 0.2) is 47.6 Å².